The minimum absolute atomic E-state index is 0.0879. The first-order valence-electron chi connectivity index (χ1n) is 7.97. The van der Waals surface area contributed by atoms with Gasteiger partial charge in [0.25, 0.3) is 0 Å². The second-order valence-corrected chi connectivity index (χ2v) is 7.73. The predicted molar refractivity (Wildman–Crippen MR) is 91.6 cm³/mol. The predicted octanol–water partition coefficient (Wildman–Crippen LogP) is 2.37. The summed E-state index contributed by atoms with van der Waals surface area (Å²) >= 11 is 0. The smallest absolute Gasteiger partial charge is 0.337 e. The molecule has 0 radical (unpaired) electrons. The molecule has 0 N–H and O–H groups in total. The summed E-state index contributed by atoms with van der Waals surface area (Å²) < 4.78 is 50.4. The van der Waals surface area contributed by atoms with Gasteiger partial charge in [-0.3, -0.25) is 0 Å². The van der Waals surface area contributed by atoms with Crippen LogP contribution in [-0.2, 0) is 19.5 Å². The van der Waals surface area contributed by atoms with Gasteiger partial charge in [0, 0.05) is 13.1 Å². The normalized spacial score (nSPS) is 18.5. The molecular weight excluding hydrogens is 361 g/mol. The van der Waals surface area contributed by atoms with Crippen molar-refractivity contribution in [3.63, 3.8) is 0 Å². The molecule has 1 saturated heterocycles. The number of morpholine rings is 1. The van der Waals surface area contributed by atoms with Crippen LogP contribution in [0.2, 0.25) is 0 Å². The van der Waals surface area contributed by atoms with Crippen LogP contribution < -0.4 is 0 Å². The Morgan fingerprint density at radius 1 is 1.15 bits per heavy atom. The van der Waals surface area contributed by atoms with Gasteiger partial charge in [0.1, 0.15) is 5.82 Å². The molecule has 0 bridgehead atoms. The van der Waals surface area contributed by atoms with Crippen LogP contribution in [0.3, 0.4) is 0 Å². The van der Waals surface area contributed by atoms with Crippen molar-refractivity contribution in [2.45, 2.75) is 11.0 Å². The molecule has 138 valence electrons. The molecule has 1 fully saturated rings. The molecule has 0 spiro atoms. The van der Waals surface area contributed by atoms with Crippen molar-refractivity contribution < 1.29 is 27.1 Å². The monoisotopic (exact) mass is 379 g/mol. The summed E-state index contributed by atoms with van der Waals surface area (Å²) in [6.45, 7) is 0.590. The van der Waals surface area contributed by atoms with Gasteiger partial charge in [-0.2, -0.15) is 4.31 Å². The van der Waals surface area contributed by atoms with Gasteiger partial charge in [0.15, 0.2) is 0 Å². The van der Waals surface area contributed by atoms with Crippen molar-refractivity contribution in [2.24, 2.45) is 0 Å². The molecule has 1 unspecified atom stereocenters. The van der Waals surface area contributed by atoms with E-state index in [1.165, 1.54) is 47.8 Å². The lowest BCUT2D eigenvalue weighted by Gasteiger charge is -2.32. The Balaban J connectivity index is 1.80. The number of rotatable bonds is 4. The first-order chi connectivity index (χ1) is 12.4. The zero-order valence-corrected chi connectivity index (χ0v) is 14.9. The minimum Gasteiger partial charge on any atom is -0.465 e. The van der Waals surface area contributed by atoms with Gasteiger partial charge in [-0.1, -0.05) is 12.1 Å². The Kier molecular flexibility index (Phi) is 5.36. The Hall–Kier alpha value is -2.29. The lowest BCUT2D eigenvalue weighted by atomic mass is 10.1. The second-order valence-electron chi connectivity index (χ2n) is 5.79. The van der Waals surface area contributed by atoms with E-state index in [1.807, 2.05) is 0 Å². The third kappa shape index (κ3) is 3.77. The molecule has 0 saturated carbocycles. The van der Waals surface area contributed by atoms with Crippen LogP contribution in [0.5, 0.6) is 0 Å². The van der Waals surface area contributed by atoms with Crippen LogP contribution in [-0.4, -0.2) is 45.5 Å². The molecule has 1 atom stereocenters. The van der Waals surface area contributed by atoms with Gasteiger partial charge in [-0.15, -0.1) is 0 Å². The molecule has 1 aliphatic rings. The van der Waals surface area contributed by atoms with Crippen LogP contribution in [0, 0.1) is 5.82 Å². The molecule has 26 heavy (non-hydrogen) atoms. The number of hydrogen-bond donors (Lipinski definition) is 0. The fraction of sp³-hybridized carbons (Fsp3) is 0.278. The van der Waals surface area contributed by atoms with Gasteiger partial charge in [0.05, 0.1) is 30.3 Å². The van der Waals surface area contributed by atoms with Crippen molar-refractivity contribution >= 4 is 16.0 Å². The summed E-state index contributed by atoms with van der Waals surface area (Å²) in [5.74, 6) is -0.892. The highest BCUT2D eigenvalue weighted by atomic mass is 32.2. The Morgan fingerprint density at radius 2 is 1.81 bits per heavy atom. The van der Waals surface area contributed by atoms with E-state index in [0.717, 1.165) is 0 Å². The van der Waals surface area contributed by atoms with Crippen molar-refractivity contribution in [3.05, 3.63) is 65.5 Å². The lowest BCUT2D eigenvalue weighted by Crippen LogP contribution is -2.42. The van der Waals surface area contributed by atoms with E-state index in [9.17, 15) is 17.6 Å². The lowest BCUT2D eigenvalue weighted by molar-refractivity contribution is -0.00258. The number of esters is 1. The van der Waals surface area contributed by atoms with E-state index in [2.05, 4.69) is 4.74 Å². The summed E-state index contributed by atoms with van der Waals surface area (Å²) in [4.78, 5) is 11.6. The topological polar surface area (TPSA) is 72.9 Å². The van der Waals surface area contributed by atoms with Gasteiger partial charge < -0.3 is 9.47 Å². The van der Waals surface area contributed by atoms with E-state index in [-0.39, 0.29) is 36.0 Å². The maximum atomic E-state index is 13.1. The van der Waals surface area contributed by atoms with E-state index < -0.39 is 22.1 Å². The molecule has 6 nitrogen and oxygen atoms in total. The van der Waals surface area contributed by atoms with E-state index in [4.69, 9.17) is 4.74 Å². The standard InChI is InChI=1S/C18H18FNO5S/c1-24-18(21)14-4-8-16(9-5-14)26(22,23)20-10-11-25-17(12-20)13-2-6-15(19)7-3-13/h2-9,17H,10-12H2,1H3. The van der Waals surface area contributed by atoms with Crippen LogP contribution in [0.25, 0.3) is 0 Å². The fourth-order valence-corrected chi connectivity index (χ4v) is 4.18. The molecule has 1 aliphatic heterocycles. The van der Waals surface area contributed by atoms with Gasteiger partial charge in [-0.05, 0) is 42.0 Å². The number of sulfonamides is 1. The maximum absolute atomic E-state index is 13.1. The molecule has 0 amide bonds. The molecule has 3 rings (SSSR count). The molecule has 2 aromatic rings. The van der Waals surface area contributed by atoms with Gasteiger partial charge in [0.2, 0.25) is 10.0 Å². The number of ether oxygens (including phenoxy) is 2. The highest BCUT2D eigenvalue weighted by molar-refractivity contribution is 7.89. The SMILES string of the molecule is COC(=O)c1ccc(S(=O)(=O)N2CCOC(c3ccc(F)cc3)C2)cc1. The number of carbonyl (C=O) groups excluding carboxylic acids is 1. The van der Waals surface area contributed by atoms with Gasteiger partial charge in [-0.25, -0.2) is 17.6 Å². The molecule has 0 aliphatic carbocycles. The fourth-order valence-electron chi connectivity index (χ4n) is 2.75. The Morgan fingerprint density at radius 3 is 2.42 bits per heavy atom. The summed E-state index contributed by atoms with van der Waals surface area (Å²) in [6, 6.07) is 11.4. The summed E-state index contributed by atoms with van der Waals surface area (Å²) in [7, 11) is -2.47. The Bertz CT molecular complexity index is 881. The van der Waals surface area contributed by atoms with Crippen LogP contribution in [0.1, 0.15) is 22.0 Å². The highest BCUT2D eigenvalue weighted by Crippen LogP contribution is 2.26. The third-order valence-corrected chi connectivity index (χ3v) is 6.06. The second kappa shape index (κ2) is 7.53. The Labute approximate surface area is 151 Å². The van der Waals surface area contributed by atoms with Crippen molar-refractivity contribution in [1.82, 2.24) is 4.31 Å². The molecule has 1 heterocycles. The van der Waals surface area contributed by atoms with Crippen molar-refractivity contribution in [2.75, 3.05) is 26.8 Å². The number of benzene rings is 2. The highest BCUT2D eigenvalue weighted by Gasteiger charge is 2.31. The number of hydrogen-bond acceptors (Lipinski definition) is 5. The minimum atomic E-state index is -3.73. The quantitative estimate of drug-likeness (QED) is 0.763. The number of carbonyl (C=O) groups is 1. The van der Waals surface area contributed by atoms with Crippen LogP contribution >= 0.6 is 0 Å². The average molecular weight is 379 g/mol. The summed E-state index contributed by atoms with van der Waals surface area (Å²) in [5.41, 5.74) is 0.991. The summed E-state index contributed by atoms with van der Waals surface area (Å²) in [5, 5.41) is 0. The van der Waals surface area contributed by atoms with Crippen LogP contribution in [0.15, 0.2) is 53.4 Å². The maximum Gasteiger partial charge on any atom is 0.337 e. The first-order valence-corrected chi connectivity index (χ1v) is 9.41. The molecule has 2 aromatic carbocycles. The van der Waals surface area contributed by atoms with Crippen molar-refractivity contribution in [1.29, 1.82) is 0 Å². The number of methoxy groups -OCH3 is 1. The van der Waals surface area contributed by atoms with E-state index in [1.54, 1.807) is 12.1 Å². The number of nitrogens with zero attached hydrogens (tertiary/aromatic N) is 1. The van der Waals surface area contributed by atoms with E-state index >= 15 is 0 Å². The first kappa shape index (κ1) is 18.5. The zero-order chi connectivity index (χ0) is 18.7. The van der Waals surface area contributed by atoms with Crippen LogP contribution in [0.4, 0.5) is 4.39 Å². The van der Waals surface area contributed by atoms with Gasteiger partial charge >= 0.3 is 5.97 Å². The molecule has 8 heteroatoms. The zero-order valence-electron chi connectivity index (χ0n) is 14.1. The molecule has 0 aromatic heterocycles. The number of halogens is 1. The average Bonchev–Trinajstić information content (AvgIpc) is 2.68. The molecular formula is C18H18FNO5S. The van der Waals surface area contributed by atoms with E-state index in [0.29, 0.717) is 5.56 Å². The summed E-state index contributed by atoms with van der Waals surface area (Å²) in [6.07, 6.45) is -0.464. The largest absolute Gasteiger partial charge is 0.465 e. The van der Waals surface area contributed by atoms with Crippen molar-refractivity contribution in [3.8, 4) is 0 Å². The third-order valence-electron chi connectivity index (χ3n) is 4.18.